The Bertz CT molecular complexity index is 300. The molecule has 2 aliphatic rings. The number of nitrogens with two attached hydrogens (primary N) is 1. The molecule has 0 radical (unpaired) electrons. The van der Waals surface area contributed by atoms with E-state index in [1.165, 1.54) is 44.6 Å². The summed E-state index contributed by atoms with van der Waals surface area (Å²) >= 11 is 0. The molecule has 0 spiro atoms. The van der Waals surface area contributed by atoms with Gasteiger partial charge in [0.15, 0.2) is 0 Å². The van der Waals surface area contributed by atoms with Crippen LogP contribution in [0.3, 0.4) is 0 Å². The molecular formula is C16H27NO2. The van der Waals surface area contributed by atoms with Gasteiger partial charge < -0.3 is 10.5 Å². The van der Waals surface area contributed by atoms with Gasteiger partial charge in [-0.1, -0.05) is 6.58 Å². The first-order chi connectivity index (χ1) is 9.22. The van der Waals surface area contributed by atoms with Crippen LogP contribution >= 0.6 is 0 Å². The number of rotatable bonds is 4. The first-order valence-electron chi connectivity index (χ1n) is 7.76. The minimum Gasteiger partial charge on any atom is -0.459 e. The van der Waals surface area contributed by atoms with Gasteiger partial charge in [0, 0.05) is 6.08 Å². The average Bonchev–Trinajstić information content (AvgIpc) is 2.48. The summed E-state index contributed by atoms with van der Waals surface area (Å²) in [7, 11) is 0. The number of esters is 1. The van der Waals surface area contributed by atoms with Gasteiger partial charge in [-0.25, -0.2) is 4.79 Å². The Labute approximate surface area is 116 Å². The molecule has 0 unspecified atom stereocenters. The molecule has 0 aromatic carbocycles. The Morgan fingerprint density at radius 2 is 1.58 bits per heavy atom. The van der Waals surface area contributed by atoms with Crippen molar-refractivity contribution in [2.75, 3.05) is 6.54 Å². The maximum absolute atomic E-state index is 11.2. The van der Waals surface area contributed by atoms with Crippen LogP contribution in [0.15, 0.2) is 12.7 Å². The second-order valence-corrected chi connectivity index (χ2v) is 6.19. The maximum Gasteiger partial charge on any atom is 0.330 e. The van der Waals surface area contributed by atoms with E-state index >= 15 is 0 Å². The molecule has 3 nitrogen and oxygen atoms in total. The third-order valence-corrected chi connectivity index (χ3v) is 5.06. The second-order valence-electron chi connectivity index (χ2n) is 6.19. The van der Waals surface area contributed by atoms with Gasteiger partial charge in [-0.3, -0.25) is 0 Å². The second kappa shape index (κ2) is 7.09. The third kappa shape index (κ3) is 4.07. The minimum atomic E-state index is -0.271. The Morgan fingerprint density at radius 3 is 2.05 bits per heavy atom. The van der Waals surface area contributed by atoms with E-state index in [1.54, 1.807) is 0 Å². The molecule has 0 heterocycles. The van der Waals surface area contributed by atoms with E-state index in [2.05, 4.69) is 6.58 Å². The molecule has 0 saturated heterocycles. The molecule has 0 bridgehead atoms. The molecule has 2 N–H and O–H groups in total. The summed E-state index contributed by atoms with van der Waals surface area (Å²) in [5.74, 6) is 2.23. The monoisotopic (exact) mass is 265 g/mol. The SMILES string of the molecule is C=CC(=O)OC1CCC(C2CCC(CN)CC2)CC1. The van der Waals surface area contributed by atoms with Gasteiger partial charge >= 0.3 is 5.97 Å². The van der Waals surface area contributed by atoms with Gasteiger partial charge in [0.2, 0.25) is 0 Å². The summed E-state index contributed by atoms with van der Waals surface area (Å²) < 4.78 is 5.34. The normalized spacial score (nSPS) is 35.6. The Kier molecular flexibility index (Phi) is 5.44. The lowest BCUT2D eigenvalue weighted by Crippen LogP contribution is -2.30. The van der Waals surface area contributed by atoms with E-state index in [0.29, 0.717) is 0 Å². The zero-order valence-corrected chi connectivity index (χ0v) is 11.9. The highest BCUT2D eigenvalue weighted by Gasteiger charge is 2.31. The molecule has 108 valence electrons. The van der Waals surface area contributed by atoms with E-state index in [4.69, 9.17) is 10.5 Å². The quantitative estimate of drug-likeness (QED) is 0.628. The fraction of sp³-hybridized carbons (Fsp3) is 0.812. The van der Waals surface area contributed by atoms with Gasteiger partial charge in [-0.05, 0) is 75.7 Å². The van der Waals surface area contributed by atoms with Crippen LogP contribution in [0.5, 0.6) is 0 Å². The number of hydrogen-bond acceptors (Lipinski definition) is 3. The van der Waals surface area contributed by atoms with Crippen molar-refractivity contribution in [1.29, 1.82) is 0 Å². The fourth-order valence-electron chi connectivity index (χ4n) is 3.79. The van der Waals surface area contributed by atoms with Crippen LogP contribution in [0, 0.1) is 17.8 Å². The first kappa shape index (κ1) is 14.6. The molecule has 0 atom stereocenters. The molecule has 2 rings (SSSR count). The Hall–Kier alpha value is -0.830. The molecule has 0 aliphatic heterocycles. The average molecular weight is 265 g/mol. The molecular weight excluding hydrogens is 238 g/mol. The van der Waals surface area contributed by atoms with Crippen molar-refractivity contribution < 1.29 is 9.53 Å². The van der Waals surface area contributed by atoms with Crippen LogP contribution < -0.4 is 5.73 Å². The molecule has 2 fully saturated rings. The van der Waals surface area contributed by atoms with E-state index < -0.39 is 0 Å². The summed E-state index contributed by atoms with van der Waals surface area (Å²) in [4.78, 5) is 11.2. The van der Waals surface area contributed by atoms with Gasteiger partial charge in [-0.2, -0.15) is 0 Å². The van der Waals surface area contributed by atoms with E-state index in [-0.39, 0.29) is 12.1 Å². The van der Waals surface area contributed by atoms with Gasteiger partial charge in [0.05, 0.1) is 0 Å². The highest BCUT2D eigenvalue weighted by atomic mass is 16.5. The van der Waals surface area contributed by atoms with Crippen LogP contribution in [0.1, 0.15) is 51.4 Å². The topological polar surface area (TPSA) is 52.3 Å². The van der Waals surface area contributed by atoms with Crippen LogP contribution in [-0.2, 0) is 9.53 Å². The maximum atomic E-state index is 11.2. The van der Waals surface area contributed by atoms with Gasteiger partial charge in [0.1, 0.15) is 6.10 Å². The summed E-state index contributed by atoms with van der Waals surface area (Å²) in [6.45, 7) is 4.30. The van der Waals surface area contributed by atoms with E-state index in [0.717, 1.165) is 37.1 Å². The van der Waals surface area contributed by atoms with Crippen molar-refractivity contribution in [3.63, 3.8) is 0 Å². The lowest BCUT2D eigenvalue weighted by atomic mass is 9.70. The number of carbonyl (C=O) groups excluding carboxylic acids is 1. The smallest absolute Gasteiger partial charge is 0.330 e. The number of ether oxygens (including phenoxy) is 1. The summed E-state index contributed by atoms with van der Waals surface area (Å²) in [6.07, 6.45) is 11.2. The zero-order chi connectivity index (χ0) is 13.7. The number of carbonyl (C=O) groups is 1. The lowest BCUT2D eigenvalue weighted by Gasteiger charge is -2.37. The van der Waals surface area contributed by atoms with Gasteiger partial charge in [0.25, 0.3) is 0 Å². The third-order valence-electron chi connectivity index (χ3n) is 5.06. The summed E-state index contributed by atoms with van der Waals surface area (Å²) in [5.41, 5.74) is 5.75. The van der Waals surface area contributed by atoms with Crippen LogP contribution in [-0.4, -0.2) is 18.6 Å². The molecule has 2 saturated carbocycles. The standard InChI is InChI=1S/C16H27NO2/c1-2-16(18)19-15-9-7-14(8-10-15)13-5-3-12(11-17)4-6-13/h2,12-15H,1,3-11,17H2. The fourth-order valence-corrected chi connectivity index (χ4v) is 3.79. The Morgan fingerprint density at radius 1 is 1.05 bits per heavy atom. The predicted octanol–water partition coefficient (Wildman–Crippen LogP) is 3.04. The van der Waals surface area contributed by atoms with Gasteiger partial charge in [-0.15, -0.1) is 0 Å². The van der Waals surface area contributed by atoms with E-state index in [1.807, 2.05) is 0 Å². The van der Waals surface area contributed by atoms with Crippen molar-refractivity contribution in [2.24, 2.45) is 23.5 Å². The highest BCUT2D eigenvalue weighted by Crippen LogP contribution is 2.40. The van der Waals surface area contributed by atoms with Crippen molar-refractivity contribution in [2.45, 2.75) is 57.5 Å². The highest BCUT2D eigenvalue weighted by molar-refractivity contribution is 5.81. The molecule has 19 heavy (non-hydrogen) atoms. The van der Waals surface area contributed by atoms with Crippen molar-refractivity contribution in [1.82, 2.24) is 0 Å². The molecule has 0 aromatic rings. The lowest BCUT2D eigenvalue weighted by molar-refractivity contribution is -0.145. The van der Waals surface area contributed by atoms with Crippen LogP contribution in [0.4, 0.5) is 0 Å². The largest absolute Gasteiger partial charge is 0.459 e. The van der Waals surface area contributed by atoms with E-state index in [9.17, 15) is 4.79 Å². The molecule has 0 aromatic heterocycles. The Balaban J connectivity index is 1.71. The van der Waals surface area contributed by atoms with Crippen molar-refractivity contribution >= 4 is 5.97 Å². The zero-order valence-electron chi connectivity index (χ0n) is 11.9. The summed E-state index contributed by atoms with van der Waals surface area (Å²) in [6, 6.07) is 0. The minimum absolute atomic E-state index is 0.127. The number of hydrogen-bond donors (Lipinski definition) is 1. The molecule has 2 aliphatic carbocycles. The van der Waals surface area contributed by atoms with Crippen molar-refractivity contribution in [3.05, 3.63) is 12.7 Å². The van der Waals surface area contributed by atoms with Crippen LogP contribution in [0.25, 0.3) is 0 Å². The first-order valence-corrected chi connectivity index (χ1v) is 7.76. The van der Waals surface area contributed by atoms with Crippen molar-refractivity contribution in [3.8, 4) is 0 Å². The molecule has 3 heteroatoms. The molecule has 0 amide bonds. The summed E-state index contributed by atoms with van der Waals surface area (Å²) in [5, 5.41) is 0. The predicted molar refractivity (Wildman–Crippen MR) is 76.5 cm³/mol. The van der Waals surface area contributed by atoms with Crippen LogP contribution in [0.2, 0.25) is 0 Å².